The van der Waals surface area contributed by atoms with Gasteiger partial charge in [0.2, 0.25) is 5.91 Å². The Morgan fingerprint density at radius 2 is 2.36 bits per heavy atom. The number of nitrogens with one attached hydrogen (secondary N) is 1. The van der Waals surface area contributed by atoms with Crippen molar-refractivity contribution in [2.75, 3.05) is 6.26 Å². The number of thioether (sulfide) groups is 1. The highest BCUT2D eigenvalue weighted by Crippen LogP contribution is 2.28. The lowest BCUT2D eigenvalue weighted by Crippen LogP contribution is -2.44. The predicted molar refractivity (Wildman–Crippen MR) is 61.4 cm³/mol. The third-order valence-corrected chi connectivity index (χ3v) is 3.94. The lowest BCUT2D eigenvalue weighted by atomic mass is 10.2. The minimum absolute atomic E-state index is 0.0132. The summed E-state index contributed by atoms with van der Waals surface area (Å²) in [4.78, 5) is 11.5. The lowest BCUT2D eigenvalue weighted by molar-refractivity contribution is -0.123. The Hall–Kier alpha value is -0.220. The number of carbonyl (C=O) groups is 1. The normalized spacial score (nSPS) is 28.8. The molecule has 0 aromatic heterocycles. The third kappa shape index (κ3) is 3.17. The molecule has 1 aliphatic carbocycles. The molecule has 1 amide bonds. The van der Waals surface area contributed by atoms with E-state index in [4.69, 9.17) is 5.73 Å². The van der Waals surface area contributed by atoms with Gasteiger partial charge in [0.05, 0.1) is 6.04 Å². The van der Waals surface area contributed by atoms with Crippen molar-refractivity contribution in [3.63, 3.8) is 0 Å². The van der Waals surface area contributed by atoms with Crippen molar-refractivity contribution in [2.45, 2.75) is 49.9 Å². The molecular weight excluding hydrogens is 196 g/mol. The molecule has 1 aliphatic rings. The minimum Gasteiger partial charge on any atom is -0.352 e. The van der Waals surface area contributed by atoms with Crippen molar-refractivity contribution >= 4 is 17.7 Å². The number of carbonyl (C=O) groups excluding carboxylic acids is 1. The molecule has 0 radical (unpaired) electrons. The van der Waals surface area contributed by atoms with E-state index in [-0.39, 0.29) is 11.9 Å². The summed E-state index contributed by atoms with van der Waals surface area (Å²) in [6.07, 6.45) is 6.27. The van der Waals surface area contributed by atoms with Gasteiger partial charge in [-0.15, -0.1) is 0 Å². The van der Waals surface area contributed by atoms with Gasteiger partial charge in [-0.1, -0.05) is 6.92 Å². The Labute approximate surface area is 90.2 Å². The SMILES string of the molecule is CCC(N)C(=O)NC1CCC(SC)C1. The van der Waals surface area contributed by atoms with Crippen LogP contribution in [0.15, 0.2) is 0 Å². The van der Waals surface area contributed by atoms with Crippen LogP contribution in [0.25, 0.3) is 0 Å². The third-order valence-electron chi connectivity index (χ3n) is 2.84. The number of amides is 1. The quantitative estimate of drug-likeness (QED) is 0.740. The van der Waals surface area contributed by atoms with Gasteiger partial charge in [0.25, 0.3) is 0 Å². The number of rotatable bonds is 4. The number of hydrogen-bond acceptors (Lipinski definition) is 3. The highest BCUT2D eigenvalue weighted by Gasteiger charge is 2.26. The summed E-state index contributed by atoms with van der Waals surface area (Å²) in [7, 11) is 0. The second-order valence-electron chi connectivity index (χ2n) is 3.89. The Kier molecular flexibility index (Phi) is 4.75. The average molecular weight is 216 g/mol. The maximum atomic E-state index is 11.5. The van der Waals surface area contributed by atoms with E-state index in [0.29, 0.717) is 12.5 Å². The van der Waals surface area contributed by atoms with Gasteiger partial charge < -0.3 is 11.1 Å². The van der Waals surface area contributed by atoms with Crippen LogP contribution < -0.4 is 11.1 Å². The molecule has 1 fully saturated rings. The summed E-state index contributed by atoms with van der Waals surface area (Å²) in [5.74, 6) is 0.0132. The van der Waals surface area contributed by atoms with Crippen LogP contribution in [0.1, 0.15) is 32.6 Å². The number of nitrogens with two attached hydrogens (primary N) is 1. The van der Waals surface area contributed by atoms with Gasteiger partial charge >= 0.3 is 0 Å². The predicted octanol–water partition coefficient (Wildman–Crippen LogP) is 1.12. The van der Waals surface area contributed by atoms with Crippen molar-refractivity contribution in [1.29, 1.82) is 0 Å². The van der Waals surface area contributed by atoms with Gasteiger partial charge in [0.1, 0.15) is 0 Å². The van der Waals surface area contributed by atoms with Crippen molar-refractivity contribution in [3.05, 3.63) is 0 Å². The van der Waals surface area contributed by atoms with Crippen LogP contribution in [-0.2, 0) is 4.79 Å². The van der Waals surface area contributed by atoms with Crippen LogP contribution in [-0.4, -0.2) is 29.5 Å². The van der Waals surface area contributed by atoms with Crippen LogP contribution in [0.4, 0.5) is 0 Å². The van der Waals surface area contributed by atoms with E-state index < -0.39 is 0 Å². The van der Waals surface area contributed by atoms with Gasteiger partial charge in [-0.25, -0.2) is 0 Å². The summed E-state index contributed by atoms with van der Waals surface area (Å²) < 4.78 is 0. The fraction of sp³-hybridized carbons (Fsp3) is 0.900. The molecule has 82 valence electrons. The summed E-state index contributed by atoms with van der Waals surface area (Å²) in [6, 6.07) is 0.0286. The van der Waals surface area contributed by atoms with Crippen LogP contribution >= 0.6 is 11.8 Å². The van der Waals surface area contributed by atoms with Crippen LogP contribution in [0.2, 0.25) is 0 Å². The highest BCUT2D eigenvalue weighted by atomic mass is 32.2. The smallest absolute Gasteiger partial charge is 0.237 e. The van der Waals surface area contributed by atoms with Crippen LogP contribution in [0, 0.1) is 0 Å². The summed E-state index contributed by atoms with van der Waals surface area (Å²) in [5, 5.41) is 3.74. The molecule has 0 aromatic carbocycles. The molecule has 3 N–H and O–H groups in total. The monoisotopic (exact) mass is 216 g/mol. The molecule has 4 heteroatoms. The van der Waals surface area contributed by atoms with Gasteiger partial charge in [0.15, 0.2) is 0 Å². The second-order valence-corrected chi connectivity index (χ2v) is 5.03. The van der Waals surface area contributed by atoms with Gasteiger partial charge in [-0.05, 0) is 31.9 Å². The topological polar surface area (TPSA) is 55.1 Å². The molecule has 0 heterocycles. The lowest BCUT2D eigenvalue weighted by Gasteiger charge is -2.15. The standard InChI is InChI=1S/C10H20N2OS/c1-3-9(11)10(13)12-7-4-5-8(6-7)14-2/h7-9H,3-6,11H2,1-2H3,(H,12,13). The fourth-order valence-electron chi connectivity index (χ4n) is 1.78. The van der Waals surface area contributed by atoms with E-state index in [1.54, 1.807) is 0 Å². The Morgan fingerprint density at radius 1 is 1.64 bits per heavy atom. The molecule has 0 aliphatic heterocycles. The summed E-state index contributed by atoms with van der Waals surface area (Å²) >= 11 is 1.89. The van der Waals surface area contributed by atoms with Crippen molar-refractivity contribution < 1.29 is 4.79 Å². The molecule has 3 unspecified atom stereocenters. The van der Waals surface area contributed by atoms with Crippen molar-refractivity contribution in [2.24, 2.45) is 5.73 Å². The maximum Gasteiger partial charge on any atom is 0.237 e. The van der Waals surface area contributed by atoms with Gasteiger partial charge in [-0.3, -0.25) is 4.79 Å². The van der Waals surface area contributed by atoms with Gasteiger partial charge in [0, 0.05) is 11.3 Å². The fourth-order valence-corrected chi connectivity index (χ4v) is 2.58. The van der Waals surface area contributed by atoms with E-state index in [1.807, 2.05) is 18.7 Å². The zero-order chi connectivity index (χ0) is 10.6. The first-order valence-electron chi connectivity index (χ1n) is 5.26. The first kappa shape index (κ1) is 11.9. The van der Waals surface area contributed by atoms with Crippen LogP contribution in [0.5, 0.6) is 0 Å². The van der Waals surface area contributed by atoms with Gasteiger partial charge in [-0.2, -0.15) is 11.8 Å². The first-order chi connectivity index (χ1) is 6.67. The van der Waals surface area contributed by atoms with E-state index in [2.05, 4.69) is 11.6 Å². The zero-order valence-corrected chi connectivity index (χ0v) is 9.77. The molecule has 3 nitrogen and oxygen atoms in total. The molecule has 0 saturated heterocycles. The van der Waals surface area contributed by atoms with Crippen LogP contribution in [0.3, 0.4) is 0 Å². The second kappa shape index (κ2) is 5.61. The van der Waals surface area contributed by atoms with Crippen molar-refractivity contribution in [3.8, 4) is 0 Å². The minimum atomic E-state index is -0.330. The molecule has 0 spiro atoms. The van der Waals surface area contributed by atoms with E-state index >= 15 is 0 Å². The molecule has 0 aromatic rings. The average Bonchev–Trinajstić information content (AvgIpc) is 2.64. The molecule has 14 heavy (non-hydrogen) atoms. The van der Waals surface area contributed by atoms with E-state index in [0.717, 1.165) is 18.1 Å². The maximum absolute atomic E-state index is 11.5. The zero-order valence-electron chi connectivity index (χ0n) is 8.95. The summed E-state index contributed by atoms with van der Waals surface area (Å²) in [6.45, 7) is 1.93. The molecule has 0 bridgehead atoms. The highest BCUT2D eigenvalue weighted by molar-refractivity contribution is 7.99. The van der Waals surface area contributed by atoms with E-state index in [9.17, 15) is 4.79 Å². The van der Waals surface area contributed by atoms with E-state index in [1.165, 1.54) is 6.42 Å². The Morgan fingerprint density at radius 3 is 2.86 bits per heavy atom. The van der Waals surface area contributed by atoms with Crippen molar-refractivity contribution in [1.82, 2.24) is 5.32 Å². The molecule has 1 rings (SSSR count). The Bertz CT molecular complexity index is 199. The largest absolute Gasteiger partial charge is 0.352 e. The molecule has 3 atom stereocenters. The Balaban J connectivity index is 2.28. The number of hydrogen-bond donors (Lipinski definition) is 2. The molecular formula is C10H20N2OS. The molecule has 1 saturated carbocycles. The summed E-state index contributed by atoms with van der Waals surface area (Å²) in [5.41, 5.74) is 5.64. The first-order valence-corrected chi connectivity index (χ1v) is 6.55.